The smallest absolute Gasteiger partial charge is 0.252 e. The van der Waals surface area contributed by atoms with E-state index in [4.69, 9.17) is 0 Å². The predicted octanol–water partition coefficient (Wildman–Crippen LogP) is 4.06. The van der Waals surface area contributed by atoms with Gasteiger partial charge in [-0.2, -0.15) is 0 Å². The largest absolute Gasteiger partial charge is 0.348 e. The third kappa shape index (κ3) is 3.17. The topological polar surface area (TPSA) is 42.0 Å². The number of alkyl halides is 1. The molecule has 0 bridgehead atoms. The van der Waals surface area contributed by atoms with Crippen molar-refractivity contribution in [1.82, 2.24) is 10.3 Å². The van der Waals surface area contributed by atoms with E-state index in [0.29, 0.717) is 17.4 Å². The molecule has 0 aliphatic carbocycles. The van der Waals surface area contributed by atoms with Crippen molar-refractivity contribution in [3.05, 3.63) is 77.5 Å². The van der Waals surface area contributed by atoms with Crippen LogP contribution in [0.1, 0.15) is 21.6 Å². The number of nitrogens with one attached hydrogen (secondary N) is 1. The Kier molecular flexibility index (Phi) is 4.49. The van der Waals surface area contributed by atoms with Gasteiger partial charge in [-0.05, 0) is 17.7 Å². The van der Waals surface area contributed by atoms with Crippen LogP contribution in [0, 0.1) is 0 Å². The summed E-state index contributed by atoms with van der Waals surface area (Å²) in [7, 11) is 0. The van der Waals surface area contributed by atoms with Crippen LogP contribution in [0.4, 0.5) is 0 Å². The van der Waals surface area contributed by atoms with Gasteiger partial charge in [-0.25, -0.2) is 0 Å². The average molecular weight is 355 g/mol. The number of aromatic nitrogens is 1. The number of hydrogen-bond donors (Lipinski definition) is 1. The zero-order valence-electron chi connectivity index (χ0n) is 11.9. The van der Waals surface area contributed by atoms with E-state index in [0.717, 1.165) is 22.2 Å². The Morgan fingerprint density at radius 3 is 2.55 bits per heavy atom. The monoisotopic (exact) mass is 354 g/mol. The molecule has 3 rings (SSSR count). The molecule has 1 amide bonds. The average Bonchev–Trinajstić information content (AvgIpc) is 2.59. The van der Waals surface area contributed by atoms with Crippen molar-refractivity contribution in [1.29, 1.82) is 0 Å². The Morgan fingerprint density at radius 2 is 1.77 bits per heavy atom. The van der Waals surface area contributed by atoms with Crippen molar-refractivity contribution < 1.29 is 4.79 Å². The van der Waals surface area contributed by atoms with Crippen LogP contribution in [0.3, 0.4) is 0 Å². The molecule has 0 aliphatic heterocycles. The Hall–Kier alpha value is -2.20. The van der Waals surface area contributed by atoms with E-state index >= 15 is 0 Å². The van der Waals surface area contributed by atoms with Crippen LogP contribution in [-0.4, -0.2) is 10.9 Å². The third-order valence-corrected chi connectivity index (χ3v) is 4.02. The molecule has 3 nitrogen and oxygen atoms in total. The van der Waals surface area contributed by atoms with Crippen molar-refractivity contribution in [2.75, 3.05) is 0 Å². The SMILES string of the molecule is O=C(NCc1ccccc1)c1cc(CBr)nc2ccccc12. The van der Waals surface area contributed by atoms with E-state index in [1.807, 2.05) is 60.7 Å². The molecule has 2 aromatic carbocycles. The van der Waals surface area contributed by atoms with Gasteiger partial charge in [0.2, 0.25) is 0 Å². The highest BCUT2D eigenvalue weighted by Crippen LogP contribution is 2.19. The maximum absolute atomic E-state index is 12.5. The van der Waals surface area contributed by atoms with Crippen molar-refractivity contribution in [2.45, 2.75) is 11.9 Å². The first-order valence-electron chi connectivity index (χ1n) is 7.04. The second-order valence-corrected chi connectivity index (χ2v) is 5.54. The van der Waals surface area contributed by atoms with Gasteiger partial charge in [-0.1, -0.05) is 64.5 Å². The molecule has 22 heavy (non-hydrogen) atoms. The van der Waals surface area contributed by atoms with Crippen LogP contribution >= 0.6 is 15.9 Å². The Balaban J connectivity index is 1.89. The molecule has 0 unspecified atom stereocenters. The summed E-state index contributed by atoms with van der Waals surface area (Å²) >= 11 is 3.41. The number of halogens is 1. The van der Waals surface area contributed by atoms with Crippen LogP contribution in [0.2, 0.25) is 0 Å². The summed E-state index contributed by atoms with van der Waals surface area (Å²) in [5.74, 6) is -0.0790. The highest BCUT2D eigenvalue weighted by molar-refractivity contribution is 9.08. The third-order valence-electron chi connectivity index (χ3n) is 3.45. The second kappa shape index (κ2) is 6.71. The normalized spacial score (nSPS) is 10.6. The molecule has 4 heteroatoms. The number of carbonyl (C=O) groups excluding carboxylic acids is 1. The van der Waals surface area contributed by atoms with Crippen molar-refractivity contribution in [3.63, 3.8) is 0 Å². The molecule has 3 aromatic rings. The second-order valence-electron chi connectivity index (χ2n) is 4.98. The number of amides is 1. The first kappa shape index (κ1) is 14.7. The number of hydrogen-bond acceptors (Lipinski definition) is 2. The van der Waals surface area contributed by atoms with Gasteiger partial charge in [0.1, 0.15) is 0 Å². The van der Waals surface area contributed by atoms with Crippen LogP contribution in [0.5, 0.6) is 0 Å². The minimum atomic E-state index is -0.0790. The van der Waals surface area contributed by atoms with Crippen molar-refractivity contribution in [3.8, 4) is 0 Å². The van der Waals surface area contributed by atoms with Gasteiger partial charge in [-0.15, -0.1) is 0 Å². The van der Waals surface area contributed by atoms with Crippen LogP contribution in [0.15, 0.2) is 60.7 Å². The molecule has 0 saturated carbocycles. The minimum absolute atomic E-state index is 0.0790. The van der Waals surface area contributed by atoms with E-state index in [1.165, 1.54) is 0 Å². The van der Waals surface area contributed by atoms with Crippen LogP contribution < -0.4 is 5.32 Å². The van der Waals surface area contributed by atoms with Crippen LogP contribution in [0.25, 0.3) is 10.9 Å². The number of rotatable bonds is 4. The van der Waals surface area contributed by atoms with Gasteiger partial charge in [-0.3, -0.25) is 9.78 Å². The van der Waals surface area contributed by atoms with Crippen LogP contribution in [-0.2, 0) is 11.9 Å². The fourth-order valence-corrected chi connectivity index (χ4v) is 2.65. The Bertz CT molecular complexity index is 803. The maximum atomic E-state index is 12.5. The first-order valence-corrected chi connectivity index (χ1v) is 8.17. The lowest BCUT2D eigenvalue weighted by Crippen LogP contribution is -2.23. The lowest BCUT2D eigenvalue weighted by Gasteiger charge is -2.09. The van der Waals surface area contributed by atoms with Gasteiger partial charge in [0.05, 0.1) is 16.8 Å². The first-order chi connectivity index (χ1) is 10.8. The lowest BCUT2D eigenvalue weighted by molar-refractivity contribution is 0.0952. The predicted molar refractivity (Wildman–Crippen MR) is 92.0 cm³/mol. The standard InChI is InChI=1S/C18H15BrN2O/c19-11-14-10-16(15-8-4-5-9-17(15)21-14)18(22)20-12-13-6-2-1-3-7-13/h1-10H,11-12H2,(H,20,22). The number of pyridine rings is 1. The van der Waals surface area contributed by atoms with Gasteiger partial charge in [0, 0.05) is 17.3 Å². The summed E-state index contributed by atoms with van der Waals surface area (Å²) in [4.78, 5) is 17.1. The molecule has 0 fully saturated rings. The van der Waals surface area contributed by atoms with E-state index in [9.17, 15) is 4.79 Å². The van der Waals surface area contributed by atoms with Gasteiger partial charge >= 0.3 is 0 Å². The zero-order valence-corrected chi connectivity index (χ0v) is 13.5. The Labute approximate surface area is 137 Å². The number of fused-ring (bicyclic) bond motifs is 1. The molecule has 0 radical (unpaired) electrons. The molecule has 110 valence electrons. The summed E-state index contributed by atoms with van der Waals surface area (Å²) in [5, 5.41) is 4.47. The number of para-hydroxylation sites is 1. The molecule has 0 aliphatic rings. The molecule has 0 atom stereocenters. The molecule has 1 heterocycles. The quantitative estimate of drug-likeness (QED) is 0.717. The van der Waals surface area contributed by atoms with Gasteiger partial charge in [0.25, 0.3) is 5.91 Å². The number of benzene rings is 2. The summed E-state index contributed by atoms with van der Waals surface area (Å²) in [6, 6.07) is 19.4. The van der Waals surface area contributed by atoms with Crippen molar-refractivity contribution in [2.24, 2.45) is 0 Å². The minimum Gasteiger partial charge on any atom is -0.348 e. The maximum Gasteiger partial charge on any atom is 0.252 e. The molecular weight excluding hydrogens is 340 g/mol. The van der Waals surface area contributed by atoms with Crippen molar-refractivity contribution >= 4 is 32.7 Å². The number of carbonyl (C=O) groups is 1. The van der Waals surface area contributed by atoms with E-state index in [-0.39, 0.29) is 5.91 Å². The Morgan fingerprint density at radius 1 is 1.05 bits per heavy atom. The number of nitrogens with zero attached hydrogens (tertiary/aromatic N) is 1. The molecular formula is C18H15BrN2O. The molecule has 1 N–H and O–H groups in total. The fourth-order valence-electron chi connectivity index (χ4n) is 2.36. The van der Waals surface area contributed by atoms with E-state index < -0.39 is 0 Å². The summed E-state index contributed by atoms with van der Waals surface area (Å²) < 4.78 is 0. The van der Waals surface area contributed by atoms with E-state index in [1.54, 1.807) is 0 Å². The summed E-state index contributed by atoms with van der Waals surface area (Å²) in [6.45, 7) is 0.514. The lowest BCUT2D eigenvalue weighted by atomic mass is 10.1. The molecule has 0 spiro atoms. The highest BCUT2D eigenvalue weighted by atomic mass is 79.9. The summed E-state index contributed by atoms with van der Waals surface area (Å²) in [5.41, 5.74) is 3.43. The summed E-state index contributed by atoms with van der Waals surface area (Å²) in [6.07, 6.45) is 0. The zero-order chi connectivity index (χ0) is 15.4. The fraction of sp³-hybridized carbons (Fsp3) is 0.111. The molecule has 0 saturated heterocycles. The van der Waals surface area contributed by atoms with Gasteiger partial charge < -0.3 is 5.32 Å². The molecule has 1 aromatic heterocycles. The van der Waals surface area contributed by atoms with Gasteiger partial charge in [0.15, 0.2) is 0 Å². The highest BCUT2D eigenvalue weighted by Gasteiger charge is 2.12. The van der Waals surface area contributed by atoms with E-state index in [2.05, 4.69) is 26.2 Å².